The van der Waals surface area contributed by atoms with Crippen molar-refractivity contribution in [2.45, 2.75) is 19.3 Å². The van der Waals surface area contributed by atoms with E-state index in [9.17, 15) is 0 Å². The first-order valence-electron chi connectivity index (χ1n) is 8.54. The molecule has 2 nitrogen and oxygen atoms in total. The van der Waals surface area contributed by atoms with Gasteiger partial charge >= 0.3 is 0 Å². The van der Waals surface area contributed by atoms with Crippen LogP contribution in [0, 0.1) is 0 Å². The minimum absolute atomic E-state index is 0.0343. The first kappa shape index (κ1) is 14.8. The smallest absolute Gasteiger partial charge is 0.212 e. The van der Waals surface area contributed by atoms with E-state index in [1.807, 2.05) is 0 Å². The maximum Gasteiger partial charge on any atom is 0.212 e. The molecule has 0 N–H and O–H groups in total. The monoisotopic (exact) mass is 343 g/mol. The molecule has 1 aliphatic rings. The Morgan fingerprint density at radius 1 is 1.04 bits per heavy atom. The van der Waals surface area contributed by atoms with Crippen LogP contribution in [0.4, 0.5) is 0 Å². The van der Waals surface area contributed by atoms with Gasteiger partial charge in [0.05, 0.1) is 16.0 Å². The Morgan fingerprint density at radius 3 is 2.68 bits per heavy atom. The van der Waals surface area contributed by atoms with Crippen LogP contribution < -0.4 is 4.57 Å². The predicted molar refractivity (Wildman–Crippen MR) is 104 cm³/mol. The quantitative estimate of drug-likeness (QED) is 0.440. The van der Waals surface area contributed by atoms with Gasteiger partial charge in [0.1, 0.15) is 7.05 Å². The molecule has 0 amide bonds. The lowest BCUT2D eigenvalue weighted by Crippen LogP contribution is -2.31. The average molecular weight is 343 g/mol. The Balaban J connectivity index is 1.89. The van der Waals surface area contributed by atoms with Crippen LogP contribution in [0.5, 0.6) is 0 Å². The number of hydrogen-bond acceptors (Lipinski definition) is 2. The van der Waals surface area contributed by atoms with Gasteiger partial charge in [-0.2, -0.15) is 0 Å². The van der Waals surface area contributed by atoms with Crippen molar-refractivity contribution in [2.75, 3.05) is 0 Å². The predicted octanol–water partition coefficient (Wildman–Crippen LogP) is 5.09. The summed E-state index contributed by atoms with van der Waals surface area (Å²) in [6.45, 7) is 4.61. The Kier molecular flexibility index (Phi) is 2.95. The van der Waals surface area contributed by atoms with Crippen molar-refractivity contribution in [3.05, 3.63) is 71.4 Å². The molecule has 0 saturated carbocycles. The van der Waals surface area contributed by atoms with Gasteiger partial charge in [-0.25, -0.2) is 4.57 Å². The van der Waals surface area contributed by atoms with E-state index in [1.54, 1.807) is 11.3 Å². The molecule has 0 radical (unpaired) electrons. The fourth-order valence-electron chi connectivity index (χ4n) is 4.09. The summed E-state index contributed by atoms with van der Waals surface area (Å²) in [5.41, 5.74) is 7.69. The first-order valence-corrected chi connectivity index (χ1v) is 9.42. The third-order valence-corrected chi connectivity index (χ3v) is 6.33. The van der Waals surface area contributed by atoms with E-state index in [0.29, 0.717) is 0 Å². The third kappa shape index (κ3) is 1.96. The van der Waals surface area contributed by atoms with Crippen LogP contribution in [-0.4, -0.2) is 4.98 Å². The van der Waals surface area contributed by atoms with Crippen LogP contribution in [0.1, 0.15) is 25.0 Å². The molecule has 25 heavy (non-hydrogen) atoms. The highest BCUT2D eigenvalue weighted by Crippen LogP contribution is 2.50. The molecule has 3 heterocycles. The number of para-hydroxylation sites is 1. The zero-order chi connectivity index (χ0) is 17.2. The minimum atomic E-state index is -0.0343. The summed E-state index contributed by atoms with van der Waals surface area (Å²) in [5, 5.41) is 3.43. The highest BCUT2D eigenvalue weighted by atomic mass is 32.1. The highest BCUT2D eigenvalue weighted by molar-refractivity contribution is 7.13. The zero-order valence-corrected chi connectivity index (χ0v) is 15.4. The second kappa shape index (κ2) is 4.99. The Hall–Kier alpha value is -2.52. The average Bonchev–Trinajstić information content (AvgIpc) is 3.22. The molecule has 3 aromatic heterocycles. The van der Waals surface area contributed by atoms with E-state index in [4.69, 9.17) is 4.98 Å². The maximum absolute atomic E-state index is 4.78. The fraction of sp³-hybridized carbons (Fsp3) is 0.182. The number of aromatic nitrogens is 2. The van der Waals surface area contributed by atoms with Crippen LogP contribution in [0.15, 0.2) is 60.2 Å². The van der Waals surface area contributed by atoms with Crippen LogP contribution in [0.3, 0.4) is 0 Å². The van der Waals surface area contributed by atoms with Crippen molar-refractivity contribution in [1.82, 2.24) is 4.98 Å². The molecule has 0 bridgehead atoms. The SMILES string of the molecule is C[n+]1cc2c(c3ccccc31)-c1cc(-c3cccs3)ncc1C2(C)C. The summed E-state index contributed by atoms with van der Waals surface area (Å²) in [6, 6.07) is 15.2. The normalized spacial score (nSPS) is 14.5. The highest BCUT2D eigenvalue weighted by Gasteiger charge is 2.39. The number of nitrogens with zero attached hydrogens (tertiary/aromatic N) is 2. The summed E-state index contributed by atoms with van der Waals surface area (Å²) in [4.78, 5) is 6.00. The van der Waals surface area contributed by atoms with Gasteiger partial charge in [-0.3, -0.25) is 4.98 Å². The lowest BCUT2D eigenvalue weighted by atomic mass is 9.83. The van der Waals surface area contributed by atoms with Crippen LogP contribution >= 0.6 is 11.3 Å². The Bertz CT molecular complexity index is 1120. The van der Waals surface area contributed by atoms with Gasteiger partial charge in [0.2, 0.25) is 5.52 Å². The minimum Gasteiger partial charge on any atom is -0.255 e. The number of benzene rings is 1. The summed E-state index contributed by atoms with van der Waals surface area (Å²) < 4.78 is 2.25. The lowest BCUT2D eigenvalue weighted by molar-refractivity contribution is -0.645. The van der Waals surface area contributed by atoms with E-state index >= 15 is 0 Å². The van der Waals surface area contributed by atoms with Gasteiger partial charge in [0.15, 0.2) is 6.20 Å². The number of thiophene rings is 1. The van der Waals surface area contributed by atoms with E-state index in [-0.39, 0.29) is 5.41 Å². The zero-order valence-electron chi connectivity index (χ0n) is 14.6. The molecule has 0 spiro atoms. The molecule has 1 aliphatic carbocycles. The van der Waals surface area contributed by atoms with E-state index in [2.05, 4.69) is 85.7 Å². The molecular formula is C22H19N2S+. The number of rotatable bonds is 1. The topological polar surface area (TPSA) is 16.8 Å². The third-order valence-electron chi connectivity index (χ3n) is 5.44. The van der Waals surface area contributed by atoms with Crippen LogP contribution in [-0.2, 0) is 12.5 Å². The van der Waals surface area contributed by atoms with Crippen molar-refractivity contribution in [2.24, 2.45) is 7.05 Å². The Morgan fingerprint density at radius 2 is 1.88 bits per heavy atom. The molecule has 3 heteroatoms. The molecular weight excluding hydrogens is 324 g/mol. The van der Waals surface area contributed by atoms with Gasteiger partial charge in [0.25, 0.3) is 0 Å². The number of hydrogen-bond donors (Lipinski definition) is 0. The van der Waals surface area contributed by atoms with Gasteiger partial charge < -0.3 is 0 Å². The van der Waals surface area contributed by atoms with Crippen molar-refractivity contribution in [3.8, 4) is 21.7 Å². The van der Waals surface area contributed by atoms with Gasteiger partial charge in [-0.1, -0.05) is 32.0 Å². The molecule has 0 unspecified atom stereocenters. The second-order valence-electron chi connectivity index (χ2n) is 7.26. The van der Waals surface area contributed by atoms with Gasteiger partial charge in [0, 0.05) is 28.8 Å². The van der Waals surface area contributed by atoms with E-state index in [1.165, 1.54) is 38.0 Å². The lowest BCUT2D eigenvalue weighted by Gasteiger charge is -2.19. The second-order valence-corrected chi connectivity index (χ2v) is 8.21. The Labute approximate surface area is 151 Å². The standard InChI is InChI=1S/C22H19N2S/c1-22(2)16-12-23-18(20-9-6-10-25-20)11-15(16)21-14-7-4-5-8-19(14)24(3)13-17(21)22/h4-13H,1-3H3/q+1. The largest absolute Gasteiger partial charge is 0.255 e. The molecule has 1 aromatic carbocycles. The number of aryl methyl sites for hydroxylation is 1. The van der Waals surface area contributed by atoms with Crippen LogP contribution in [0.25, 0.3) is 32.6 Å². The molecule has 0 fully saturated rings. The van der Waals surface area contributed by atoms with Crippen molar-refractivity contribution in [1.29, 1.82) is 0 Å². The number of pyridine rings is 2. The fourth-order valence-corrected chi connectivity index (χ4v) is 4.79. The van der Waals surface area contributed by atoms with Crippen LogP contribution in [0.2, 0.25) is 0 Å². The first-order chi connectivity index (χ1) is 12.1. The molecule has 122 valence electrons. The molecule has 0 saturated heterocycles. The van der Waals surface area contributed by atoms with Gasteiger partial charge in [-0.15, -0.1) is 11.3 Å². The maximum atomic E-state index is 4.78. The van der Waals surface area contributed by atoms with E-state index < -0.39 is 0 Å². The molecule has 5 rings (SSSR count). The summed E-state index contributed by atoms with van der Waals surface area (Å²) in [6.07, 6.45) is 4.38. The van der Waals surface area contributed by atoms with Crippen molar-refractivity contribution >= 4 is 22.2 Å². The molecule has 4 aromatic rings. The number of fused-ring (bicyclic) bond motifs is 5. The van der Waals surface area contributed by atoms with Crippen molar-refractivity contribution < 1.29 is 4.57 Å². The molecule has 0 atom stereocenters. The summed E-state index contributed by atoms with van der Waals surface area (Å²) in [5.74, 6) is 0. The summed E-state index contributed by atoms with van der Waals surface area (Å²) >= 11 is 1.74. The summed E-state index contributed by atoms with van der Waals surface area (Å²) in [7, 11) is 2.14. The van der Waals surface area contributed by atoms with Gasteiger partial charge in [-0.05, 0) is 34.7 Å². The van der Waals surface area contributed by atoms with Crippen molar-refractivity contribution in [3.63, 3.8) is 0 Å². The molecule has 0 aliphatic heterocycles. The van der Waals surface area contributed by atoms with E-state index in [0.717, 1.165) is 5.69 Å².